The van der Waals surface area contributed by atoms with Crippen molar-refractivity contribution in [3.63, 3.8) is 0 Å². The first-order valence-electron chi connectivity index (χ1n) is 13.9. The summed E-state index contributed by atoms with van der Waals surface area (Å²) in [5.41, 5.74) is 30.8. The molecule has 0 bridgehead atoms. The lowest BCUT2D eigenvalue weighted by molar-refractivity contribution is -0.289. The fraction of sp³-hybridized carbons (Fsp3) is 0.731. The molecule has 0 spiro atoms. The summed E-state index contributed by atoms with van der Waals surface area (Å²) in [5.74, 6) is -0.261. The highest BCUT2D eigenvalue weighted by Crippen LogP contribution is 2.29. The third-order valence-electron chi connectivity index (χ3n) is 7.38. The molecule has 10 atom stereocenters. The fourth-order valence-corrected chi connectivity index (χ4v) is 5.07. The van der Waals surface area contributed by atoms with Gasteiger partial charge in [0.05, 0.1) is 25.1 Å². The Morgan fingerprint density at radius 3 is 2.40 bits per heavy atom. The minimum Gasteiger partial charge on any atom is -0.399 e. The van der Waals surface area contributed by atoms with Crippen LogP contribution in [0, 0.1) is 0 Å². The van der Waals surface area contributed by atoms with Gasteiger partial charge in [-0.05, 0) is 50.0 Å². The molecule has 1 aromatic carbocycles. The van der Waals surface area contributed by atoms with E-state index in [-0.39, 0.29) is 31.9 Å². The van der Waals surface area contributed by atoms with Crippen LogP contribution < -0.4 is 39.3 Å². The standard InChI is InChI=1S/C26H47N7O7/c27-7-1-2-8-32-9-10-38-25-17(33-19(34)11-14-3-5-15(29)6-4-14)12-16(30)24(23(25)37)40-26-20(31)22(36)21(35)18(13-28)39-26/h3-6,16-18,20-26,32,35-37H,1-2,7-13,27-31H2,(H,33,34)/t16?,17-,18?,20?,21-,22-,23+,24-,25?,26-/m1/s1. The van der Waals surface area contributed by atoms with Crippen LogP contribution in [0.1, 0.15) is 24.8 Å². The summed E-state index contributed by atoms with van der Waals surface area (Å²) in [6.45, 7) is 2.12. The predicted octanol–water partition coefficient (Wildman–Crippen LogP) is -3.78. The van der Waals surface area contributed by atoms with Gasteiger partial charge >= 0.3 is 0 Å². The molecule has 1 saturated carbocycles. The number of aliphatic hydroxyl groups excluding tert-OH is 3. The summed E-state index contributed by atoms with van der Waals surface area (Å²) in [4.78, 5) is 12.9. The number of hydrogen-bond donors (Lipinski definition) is 10. The minimum atomic E-state index is -1.35. The molecule has 15 N–H and O–H groups in total. The molecule has 3 rings (SSSR count). The van der Waals surface area contributed by atoms with Crippen LogP contribution in [0.4, 0.5) is 5.69 Å². The van der Waals surface area contributed by atoms with E-state index in [2.05, 4.69) is 10.6 Å². The van der Waals surface area contributed by atoms with Gasteiger partial charge in [0.2, 0.25) is 5.91 Å². The molecule has 14 nitrogen and oxygen atoms in total. The zero-order chi connectivity index (χ0) is 29.2. The monoisotopic (exact) mass is 569 g/mol. The van der Waals surface area contributed by atoms with Crippen molar-refractivity contribution in [3.05, 3.63) is 29.8 Å². The van der Waals surface area contributed by atoms with Gasteiger partial charge in [0.1, 0.15) is 36.6 Å². The second-order valence-corrected chi connectivity index (χ2v) is 10.5. The van der Waals surface area contributed by atoms with Crippen LogP contribution in [-0.2, 0) is 25.4 Å². The highest BCUT2D eigenvalue weighted by Gasteiger charge is 2.49. The van der Waals surface area contributed by atoms with Crippen molar-refractivity contribution in [2.75, 3.05) is 38.5 Å². The Morgan fingerprint density at radius 1 is 1.00 bits per heavy atom. The van der Waals surface area contributed by atoms with Gasteiger partial charge in [0.25, 0.3) is 0 Å². The van der Waals surface area contributed by atoms with Crippen LogP contribution in [-0.4, -0.2) is 115 Å². The number of carbonyl (C=O) groups excluding carboxylic acids is 1. The molecule has 0 aromatic heterocycles. The Labute approximate surface area is 234 Å². The first kappa shape index (κ1) is 32.6. The first-order valence-corrected chi connectivity index (χ1v) is 13.9. The number of amides is 1. The van der Waals surface area contributed by atoms with Crippen molar-refractivity contribution >= 4 is 11.6 Å². The second-order valence-electron chi connectivity index (χ2n) is 10.5. The molecule has 1 aromatic rings. The zero-order valence-corrected chi connectivity index (χ0v) is 22.8. The molecule has 228 valence electrons. The smallest absolute Gasteiger partial charge is 0.224 e. The molecule has 4 unspecified atom stereocenters. The zero-order valence-electron chi connectivity index (χ0n) is 22.8. The van der Waals surface area contributed by atoms with E-state index in [0.29, 0.717) is 18.8 Å². The maximum absolute atomic E-state index is 12.9. The summed E-state index contributed by atoms with van der Waals surface area (Å²) < 4.78 is 17.8. The first-order chi connectivity index (χ1) is 19.2. The molecule has 1 saturated heterocycles. The average Bonchev–Trinajstić information content (AvgIpc) is 2.93. The van der Waals surface area contributed by atoms with Crippen molar-refractivity contribution in [2.45, 2.75) is 86.7 Å². The van der Waals surface area contributed by atoms with Gasteiger partial charge in [0.15, 0.2) is 6.29 Å². The number of hydrogen-bond acceptors (Lipinski definition) is 13. The lowest BCUT2D eigenvalue weighted by atomic mass is 9.83. The number of benzene rings is 1. The third-order valence-corrected chi connectivity index (χ3v) is 7.38. The molecule has 14 heteroatoms. The van der Waals surface area contributed by atoms with Gasteiger partial charge in [-0.15, -0.1) is 0 Å². The molecule has 0 radical (unpaired) electrons. The topological polar surface area (TPSA) is 260 Å². The Kier molecular flexibility index (Phi) is 12.9. The number of carbonyl (C=O) groups is 1. The van der Waals surface area contributed by atoms with E-state index in [4.69, 9.17) is 42.9 Å². The number of ether oxygens (including phenoxy) is 3. The second kappa shape index (κ2) is 15.9. The maximum Gasteiger partial charge on any atom is 0.224 e. The largest absolute Gasteiger partial charge is 0.399 e. The average molecular weight is 570 g/mol. The van der Waals surface area contributed by atoms with Crippen molar-refractivity contribution in [3.8, 4) is 0 Å². The highest BCUT2D eigenvalue weighted by molar-refractivity contribution is 5.79. The van der Waals surface area contributed by atoms with E-state index in [1.165, 1.54) is 0 Å². The van der Waals surface area contributed by atoms with Gasteiger partial charge in [0, 0.05) is 24.8 Å². The number of nitrogen functional groups attached to an aromatic ring is 1. The molecular weight excluding hydrogens is 522 g/mol. The predicted molar refractivity (Wildman–Crippen MR) is 149 cm³/mol. The van der Waals surface area contributed by atoms with E-state index in [1.54, 1.807) is 24.3 Å². The number of unbranched alkanes of at least 4 members (excludes halogenated alkanes) is 1. The molecule has 40 heavy (non-hydrogen) atoms. The van der Waals surface area contributed by atoms with Crippen LogP contribution in [0.5, 0.6) is 0 Å². The molecule has 1 aliphatic heterocycles. The van der Waals surface area contributed by atoms with Gasteiger partial charge in [-0.2, -0.15) is 0 Å². The summed E-state index contributed by atoms with van der Waals surface area (Å²) in [6, 6.07) is 4.55. The molecule has 2 aliphatic rings. The van der Waals surface area contributed by atoms with Crippen molar-refractivity contribution in [2.24, 2.45) is 22.9 Å². The van der Waals surface area contributed by atoms with Crippen LogP contribution >= 0.6 is 0 Å². The van der Waals surface area contributed by atoms with E-state index in [1.807, 2.05) is 0 Å². The quantitative estimate of drug-likeness (QED) is 0.0763. The number of nitrogens with two attached hydrogens (primary N) is 5. The molecule has 1 amide bonds. The van der Waals surface area contributed by atoms with Gasteiger partial charge in [-0.1, -0.05) is 12.1 Å². The number of aliphatic hydroxyl groups is 3. The summed E-state index contributed by atoms with van der Waals surface area (Å²) in [7, 11) is 0. The molecular formula is C26H47N7O7. The van der Waals surface area contributed by atoms with Crippen molar-refractivity contribution in [1.82, 2.24) is 10.6 Å². The normalized spacial score (nSPS) is 34.5. The van der Waals surface area contributed by atoms with Crippen LogP contribution in [0.15, 0.2) is 24.3 Å². The van der Waals surface area contributed by atoms with Crippen molar-refractivity contribution in [1.29, 1.82) is 0 Å². The van der Waals surface area contributed by atoms with Crippen LogP contribution in [0.2, 0.25) is 0 Å². The van der Waals surface area contributed by atoms with E-state index in [0.717, 1.165) is 24.9 Å². The lowest BCUT2D eigenvalue weighted by Crippen LogP contribution is -2.68. The summed E-state index contributed by atoms with van der Waals surface area (Å²) >= 11 is 0. The fourth-order valence-electron chi connectivity index (χ4n) is 5.07. The van der Waals surface area contributed by atoms with Crippen LogP contribution in [0.25, 0.3) is 0 Å². The van der Waals surface area contributed by atoms with E-state index >= 15 is 0 Å². The number of anilines is 1. The molecule has 2 fully saturated rings. The molecule has 1 heterocycles. The Hall–Kier alpha value is -1.95. The maximum atomic E-state index is 12.9. The van der Waals surface area contributed by atoms with E-state index in [9.17, 15) is 20.1 Å². The molecule has 1 aliphatic carbocycles. The summed E-state index contributed by atoms with van der Waals surface area (Å²) in [6.07, 6.45) is -5.63. The van der Waals surface area contributed by atoms with Gasteiger partial charge < -0.3 is 68.8 Å². The van der Waals surface area contributed by atoms with Gasteiger partial charge in [-0.25, -0.2) is 0 Å². The third kappa shape index (κ3) is 8.77. The number of rotatable bonds is 14. The van der Waals surface area contributed by atoms with Crippen molar-refractivity contribution < 1.29 is 34.3 Å². The van der Waals surface area contributed by atoms with Crippen LogP contribution in [0.3, 0.4) is 0 Å². The Balaban J connectivity index is 1.67. The minimum absolute atomic E-state index is 0.0732. The SMILES string of the molecule is NCCCCNCCOC1[C@@H](O)[C@H](O[C@H]2OC(CN)[C@@H](O)[C@H](O)C2N)C(N)C[C@H]1NC(=O)Cc1ccc(N)cc1. The Bertz CT molecular complexity index is 897. The van der Waals surface area contributed by atoms with E-state index < -0.39 is 61.0 Å². The highest BCUT2D eigenvalue weighted by atomic mass is 16.7. The summed E-state index contributed by atoms with van der Waals surface area (Å²) in [5, 5.41) is 38.1. The lowest BCUT2D eigenvalue weighted by Gasteiger charge is -2.47. The number of nitrogens with one attached hydrogen (secondary N) is 2. The Morgan fingerprint density at radius 2 is 1.73 bits per heavy atom. The van der Waals surface area contributed by atoms with Gasteiger partial charge in [-0.3, -0.25) is 4.79 Å².